The van der Waals surface area contributed by atoms with Gasteiger partial charge in [-0.1, -0.05) is 63.1 Å². The predicted molar refractivity (Wildman–Crippen MR) is 109 cm³/mol. The summed E-state index contributed by atoms with van der Waals surface area (Å²) in [7, 11) is 0. The minimum absolute atomic E-state index is 0.0209. The number of esters is 1. The van der Waals surface area contributed by atoms with Crippen LogP contribution in [0.15, 0.2) is 18.2 Å². The molecule has 0 saturated carbocycles. The highest BCUT2D eigenvalue weighted by Crippen LogP contribution is 2.23. The van der Waals surface area contributed by atoms with E-state index in [0.29, 0.717) is 32.5 Å². The third kappa shape index (κ3) is 6.77. The number of rotatable bonds is 10. The number of benzene rings is 1. The monoisotopic (exact) mass is 411 g/mol. The van der Waals surface area contributed by atoms with Crippen molar-refractivity contribution >= 4 is 23.5 Å². The van der Waals surface area contributed by atoms with E-state index in [2.05, 4.69) is 6.92 Å². The van der Waals surface area contributed by atoms with Crippen LogP contribution in [0.4, 0.5) is 4.39 Å². The molecule has 0 N–H and O–H groups in total. The zero-order valence-corrected chi connectivity index (χ0v) is 17.5. The molecule has 1 aliphatic rings. The smallest absolute Gasteiger partial charge is 0.309 e. The van der Waals surface area contributed by atoms with Crippen molar-refractivity contribution in [3.05, 3.63) is 34.6 Å². The summed E-state index contributed by atoms with van der Waals surface area (Å²) >= 11 is 5.76. The SMILES string of the molecule is CCCCCCCCCOC(=O)C1CCN(C(=O)c2cccc(Cl)c2F)CC1. The molecule has 2 rings (SSSR count). The Bertz CT molecular complexity index is 645. The standard InChI is InChI=1S/C22H31ClFNO3/c1-2-3-4-5-6-7-8-16-28-22(27)17-12-14-25(15-13-17)21(26)18-10-9-11-19(23)20(18)24/h9-11,17H,2-8,12-16H2,1H3. The second-order valence-corrected chi connectivity index (χ2v) is 7.86. The highest BCUT2D eigenvalue weighted by Gasteiger charge is 2.29. The minimum atomic E-state index is -0.689. The lowest BCUT2D eigenvalue weighted by molar-refractivity contribution is -0.150. The lowest BCUT2D eigenvalue weighted by atomic mass is 9.96. The Morgan fingerprint density at radius 3 is 2.43 bits per heavy atom. The number of halogens is 2. The second kappa shape index (κ2) is 12.1. The zero-order valence-electron chi connectivity index (χ0n) is 16.7. The predicted octanol–water partition coefficient (Wildman–Crippen LogP) is 5.63. The molecule has 1 aromatic rings. The van der Waals surface area contributed by atoms with E-state index in [1.54, 1.807) is 11.0 Å². The molecule has 156 valence electrons. The summed E-state index contributed by atoms with van der Waals surface area (Å²) in [5.41, 5.74) is -0.0209. The Kier molecular flexibility index (Phi) is 9.76. The van der Waals surface area contributed by atoms with Gasteiger partial charge < -0.3 is 9.64 Å². The van der Waals surface area contributed by atoms with Gasteiger partial charge in [0.25, 0.3) is 5.91 Å². The van der Waals surface area contributed by atoms with E-state index in [4.69, 9.17) is 16.3 Å². The van der Waals surface area contributed by atoms with E-state index in [1.165, 1.54) is 44.2 Å². The van der Waals surface area contributed by atoms with Gasteiger partial charge in [0, 0.05) is 13.1 Å². The van der Waals surface area contributed by atoms with Crippen LogP contribution in [-0.4, -0.2) is 36.5 Å². The van der Waals surface area contributed by atoms with E-state index in [1.807, 2.05) is 0 Å². The first-order valence-corrected chi connectivity index (χ1v) is 10.8. The van der Waals surface area contributed by atoms with E-state index in [9.17, 15) is 14.0 Å². The first-order valence-electron chi connectivity index (χ1n) is 10.4. The number of nitrogens with zero attached hydrogens (tertiary/aromatic N) is 1. The Morgan fingerprint density at radius 1 is 1.11 bits per heavy atom. The molecule has 6 heteroatoms. The van der Waals surface area contributed by atoms with E-state index in [0.717, 1.165) is 12.8 Å². The van der Waals surface area contributed by atoms with Crippen molar-refractivity contribution in [1.29, 1.82) is 0 Å². The Balaban J connectivity index is 1.66. The van der Waals surface area contributed by atoms with Crippen molar-refractivity contribution in [2.24, 2.45) is 5.92 Å². The Morgan fingerprint density at radius 2 is 1.75 bits per heavy atom. The molecule has 1 aliphatic heterocycles. The van der Waals surface area contributed by atoms with E-state index < -0.39 is 5.82 Å². The third-order valence-electron chi connectivity index (χ3n) is 5.29. The van der Waals surface area contributed by atoms with Crippen molar-refractivity contribution in [2.45, 2.75) is 64.7 Å². The number of piperidine rings is 1. The number of ether oxygens (including phenoxy) is 1. The number of carbonyl (C=O) groups excluding carboxylic acids is 2. The summed E-state index contributed by atoms with van der Waals surface area (Å²) in [6, 6.07) is 4.42. The number of carbonyl (C=O) groups is 2. The molecule has 1 heterocycles. The molecule has 4 nitrogen and oxygen atoms in total. The third-order valence-corrected chi connectivity index (χ3v) is 5.58. The van der Waals surface area contributed by atoms with Gasteiger partial charge >= 0.3 is 5.97 Å². The first kappa shape index (κ1) is 22.7. The van der Waals surface area contributed by atoms with Crippen molar-refractivity contribution < 1.29 is 18.7 Å². The molecule has 0 aliphatic carbocycles. The maximum absolute atomic E-state index is 14.0. The number of unbranched alkanes of at least 4 members (excludes halogenated alkanes) is 6. The maximum atomic E-state index is 14.0. The van der Waals surface area contributed by atoms with Crippen LogP contribution in [0.5, 0.6) is 0 Å². The van der Waals surface area contributed by atoms with Crippen LogP contribution in [0.25, 0.3) is 0 Å². The van der Waals surface area contributed by atoms with Gasteiger partial charge in [0.15, 0.2) is 5.82 Å². The fraction of sp³-hybridized carbons (Fsp3) is 0.636. The van der Waals surface area contributed by atoms with Crippen LogP contribution in [0.3, 0.4) is 0 Å². The molecule has 0 radical (unpaired) electrons. The lowest BCUT2D eigenvalue weighted by Crippen LogP contribution is -2.41. The van der Waals surface area contributed by atoms with Crippen LogP contribution in [0, 0.1) is 11.7 Å². The topological polar surface area (TPSA) is 46.6 Å². The largest absolute Gasteiger partial charge is 0.465 e. The number of likely N-dealkylation sites (tertiary alicyclic amines) is 1. The highest BCUT2D eigenvalue weighted by atomic mass is 35.5. The molecular formula is C22H31ClFNO3. The van der Waals surface area contributed by atoms with E-state index in [-0.39, 0.29) is 28.4 Å². The van der Waals surface area contributed by atoms with Crippen LogP contribution in [0.1, 0.15) is 75.1 Å². The summed E-state index contributed by atoms with van der Waals surface area (Å²) in [4.78, 5) is 26.3. The fourth-order valence-electron chi connectivity index (χ4n) is 3.51. The first-order chi connectivity index (χ1) is 13.5. The van der Waals surface area contributed by atoms with Gasteiger partial charge in [0.1, 0.15) is 0 Å². The van der Waals surface area contributed by atoms with Crippen molar-refractivity contribution in [3.8, 4) is 0 Å². The average molecular weight is 412 g/mol. The number of amides is 1. The zero-order chi connectivity index (χ0) is 20.4. The summed E-state index contributed by atoms with van der Waals surface area (Å²) in [5.74, 6) is -1.43. The minimum Gasteiger partial charge on any atom is -0.465 e. The van der Waals surface area contributed by atoms with Crippen LogP contribution >= 0.6 is 11.6 Å². The molecule has 28 heavy (non-hydrogen) atoms. The quantitative estimate of drug-likeness (QED) is 0.370. The number of hydrogen-bond acceptors (Lipinski definition) is 3. The maximum Gasteiger partial charge on any atom is 0.309 e. The van der Waals surface area contributed by atoms with Gasteiger partial charge in [-0.3, -0.25) is 9.59 Å². The Labute approximate surface area is 172 Å². The van der Waals surface area contributed by atoms with Crippen molar-refractivity contribution in [1.82, 2.24) is 4.90 Å². The van der Waals surface area contributed by atoms with E-state index >= 15 is 0 Å². The molecule has 1 fully saturated rings. The molecule has 0 aromatic heterocycles. The van der Waals surface area contributed by atoms with Crippen molar-refractivity contribution in [2.75, 3.05) is 19.7 Å². The van der Waals surface area contributed by atoms with Crippen LogP contribution in [-0.2, 0) is 9.53 Å². The summed E-state index contributed by atoms with van der Waals surface area (Å²) in [6.45, 7) is 3.51. The molecule has 1 aromatic carbocycles. The average Bonchev–Trinajstić information content (AvgIpc) is 2.71. The summed E-state index contributed by atoms with van der Waals surface area (Å²) in [6.07, 6.45) is 9.36. The van der Waals surface area contributed by atoms with Gasteiger partial charge in [-0.25, -0.2) is 4.39 Å². The molecule has 0 bridgehead atoms. The summed E-state index contributed by atoms with van der Waals surface area (Å²) < 4.78 is 19.5. The van der Waals surface area contributed by atoms with Gasteiger partial charge in [-0.05, 0) is 31.4 Å². The molecule has 0 unspecified atom stereocenters. The highest BCUT2D eigenvalue weighted by molar-refractivity contribution is 6.31. The van der Waals surface area contributed by atoms with Crippen molar-refractivity contribution in [3.63, 3.8) is 0 Å². The summed E-state index contributed by atoms with van der Waals surface area (Å²) in [5, 5.41) is -0.0605. The molecule has 1 saturated heterocycles. The Hall–Kier alpha value is -1.62. The van der Waals surface area contributed by atoms with Gasteiger partial charge in [0.2, 0.25) is 0 Å². The fourth-order valence-corrected chi connectivity index (χ4v) is 3.68. The lowest BCUT2D eigenvalue weighted by Gasteiger charge is -2.31. The normalized spacial score (nSPS) is 14.9. The molecule has 0 spiro atoms. The van der Waals surface area contributed by atoms with Crippen LogP contribution < -0.4 is 0 Å². The number of hydrogen-bond donors (Lipinski definition) is 0. The molecular weight excluding hydrogens is 381 g/mol. The van der Waals surface area contributed by atoms with Gasteiger partial charge in [0.05, 0.1) is 23.1 Å². The van der Waals surface area contributed by atoms with Crippen LogP contribution in [0.2, 0.25) is 5.02 Å². The second-order valence-electron chi connectivity index (χ2n) is 7.46. The van der Waals surface area contributed by atoms with Gasteiger partial charge in [-0.2, -0.15) is 0 Å². The molecule has 0 atom stereocenters. The van der Waals surface area contributed by atoms with Gasteiger partial charge in [-0.15, -0.1) is 0 Å². The molecule has 1 amide bonds.